The lowest BCUT2D eigenvalue weighted by Gasteiger charge is -1.93. The Morgan fingerprint density at radius 2 is 2.29 bits per heavy atom. The first-order valence-corrected chi connectivity index (χ1v) is 6.13. The number of imidazole rings is 1. The summed E-state index contributed by atoms with van der Waals surface area (Å²) in [5.74, 6) is -0.284. The highest BCUT2D eigenvalue weighted by molar-refractivity contribution is 7.99. The number of carboxylic acids is 1. The van der Waals surface area contributed by atoms with Crippen LogP contribution in [0, 0.1) is 0 Å². The molecule has 2 rings (SSSR count). The molecule has 0 amide bonds. The molecular formula is C12H12N2O2S. The molecule has 4 nitrogen and oxygen atoms in total. The minimum atomic E-state index is -0.879. The number of carboxylic acid groups (broad SMARTS) is 1. The van der Waals surface area contributed by atoms with Gasteiger partial charge in [0, 0.05) is 11.3 Å². The Bertz CT molecular complexity index is 542. The second-order valence-corrected chi connectivity index (χ2v) is 4.57. The molecule has 0 spiro atoms. The number of hydrogen-bond acceptors (Lipinski definition) is 3. The number of benzene rings is 1. The fourth-order valence-electron chi connectivity index (χ4n) is 1.33. The quantitative estimate of drug-likeness (QED) is 0.645. The Labute approximate surface area is 103 Å². The maximum absolute atomic E-state index is 10.6. The van der Waals surface area contributed by atoms with Crippen LogP contribution in [-0.2, 0) is 4.79 Å². The zero-order valence-corrected chi connectivity index (χ0v) is 10.1. The molecule has 5 heteroatoms. The number of aromatic amines is 1. The third-order valence-electron chi connectivity index (χ3n) is 2.31. The highest BCUT2D eigenvalue weighted by Gasteiger charge is 2.02. The van der Waals surface area contributed by atoms with E-state index in [4.69, 9.17) is 5.11 Å². The van der Waals surface area contributed by atoms with E-state index in [9.17, 15) is 4.79 Å². The topological polar surface area (TPSA) is 66.0 Å². The van der Waals surface area contributed by atoms with Crippen LogP contribution in [0.5, 0.6) is 0 Å². The van der Waals surface area contributed by atoms with Crippen LogP contribution in [0.1, 0.15) is 6.92 Å². The summed E-state index contributed by atoms with van der Waals surface area (Å²) in [6.45, 7) is 1.58. The number of carbonyl (C=O) groups is 1. The number of hydrogen-bond donors (Lipinski definition) is 2. The molecule has 2 aromatic rings. The summed E-state index contributed by atoms with van der Waals surface area (Å²) in [6.07, 6.45) is 1.68. The predicted octanol–water partition coefficient (Wildman–Crippen LogP) is 2.69. The van der Waals surface area contributed by atoms with Crippen LogP contribution in [0.25, 0.3) is 11.0 Å². The van der Waals surface area contributed by atoms with Crippen molar-refractivity contribution in [3.05, 3.63) is 35.9 Å². The largest absolute Gasteiger partial charge is 0.478 e. The smallest absolute Gasteiger partial charge is 0.330 e. The van der Waals surface area contributed by atoms with Crippen LogP contribution in [0.2, 0.25) is 0 Å². The van der Waals surface area contributed by atoms with Crippen molar-refractivity contribution in [2.75, 3.05) is 5.75 Å². The second kappa shape index (κ2) is 5.05. The van der Waals surface area contributed by atoms with E-state index < -0.39 is 5.97 Å². The highest BCUT2D eigenvalue weighted by atomic mass is 32.2. The van der Waals surface area contributed by atoms with Gasteiger partial charge in [-0.05, 0) is 19.1 Å². The molecule has 88 valence electrons. The highest BCUT2D eigenvalue weighted by Crippen LogP contribution is 2.19. The maximum Gasteiger partial charge on any atom is 0.330 e. The van der Waals surface area contributed by atoms with Gasteiger partial charge in [0.05, 0.1) is 11.0 Å². The van der Waals surface area contributed by atoms with Crippen LogP contribution >= 0.6 is 11.8 Å². The van der Waals surface area contributed by atoms with Gasteiger partial charge in [0.1, 0.15) is 0 Å². The van der Waals surface area contributed by atoms with Gasteiger partial charge < -0.3 is 10.1 Å². The Morgan fingerprint density at radius 1 is 1.53 bits per heavy atom. The van der Waals surface area contributed by atoms with Crippen molar-refractivity contribution in [2.24, 2.45) is 0 Å². The molecule has 0 bridgehead atoms. The number of rotatable bonds is 4. The predicted molar refractivity (Wildman–Crippen MR) is 68.2 cm³/mol. The molecule has 0 unspecified atom stereocenters. The third kappa shape index (κ3) is 2.88. The minimum absolute atomic E-state index is 0.355. The minimum Gasteiger partial charge on any atom is -0.478 e. The molecule has 1 aromatic heterocycles. The maximum atomic E-state index is 10.6. The summed E-state index contributed by atoms with van der Waals surface area (Å²) in [6, 6.07) is 7.79. The lowest BCUT2D eigenvalue weighted by Crippen LogP contribution is -1.96. The van der Waals surface area contributed by atoms with Gasteiger partial charge in [-0.25, -0.2) is 9.78 Å². The number of nitrogens with zero attached hydrogens (tertiary/aromatic N) is 1. The average molecular weight is 248 g/mol. The summed E-state index contributed by atoms with van der Waals surface area (Å²) < 4.78 is 0. The second-order valence-electron chi connectivity index (χ2n) is 3.56. The Morgan fingerprint density at radius 3 is 3.00 bits per heavy atom. The summed E-state index contributed by atoms with van der Waals surface area (Å²) in [5, 5.41) is 9.50. The number of thioether (sulfide) groups is 1. The molecule has 0 radical (unpaired) electrons. The van der Waals surface area contributed by atoms with Crippen molar-refractivity contribution >= 4 is 28.8 Å². The van der Waals surface area contributed by atoms with Gasteiger partial charge in [-0.3, -0.25) is 0 Å². The molecule has 0 aliphatic rings. The first-order chi connectivity index (χ1) is 8.16. The number of aliphatic carboxylic acids is 1. The summed E-state index contributed by atoms with van der Waals surface area (Å²) in [7, 11) is 0. The van der Waals surface area contributed by atoms with Crippen molar-refractivity contribution in [1.82, 2.24) is 9.97 Å². The number of para-hydroxylation sites is 2. The third-order valence-corrected chi connectivity index (χ3v) is 3.11. The summed E-state index contributed by atoms with van der Waals surface area (Å²) in [5.41, 5.74) is 2.27. The van der Waals surface area contributed by atoms with Gasteiger partial charge >= 0.3 is 5.97 Å². The summed E-state index contributed by atoms with van der Waals surface area (Å²) >= 11 is 1.49. The average Bonchev–Trinajstić information content (AvgIpc) is 2.71. The van der Waals surface area contributed by atoms with E-state index in [-0.39, 0.29) is 0 Å². The van der Waals surface area contributed by atoms with Crippen LogP contribution in [0.15, 0.2) is 41.1 Å². The monoisotopic (exact) mass is 248 g/mol. The molecule has 1 heterocycles. The van der Waals surface area contributed by atoms with Crippen molar-refractivity contribution in [1.29, 1.82) is 0 Å². The van der Waals surface area contributed by atoms with E-state index in [1.807, 2.05) is 24.3 Å². The van der Waals surface area contributed by atoms with Crippen molar-refractivity contribution < 1.29 is 9.90 Å². The molecule has 0 aliphatic carbocycles. The first-order valence-electron chi connectivity index (χ1n) is 5.14. The van der Waals surface area contributed by atoms with E-state index in [0.717, 1.165) is 16.2 Å². The SMILES string of the molecule is CC(=CCSc1nc2ccccc2[nH]1)C(=O)O. The standard InChI is InChI=1S/C12H12N2O2S/c1-8(11(15)16)6-7-17-12-13-9-4-2-3-5-10(9)14-12/h2-6H,7H2,1H3,(H,13,14)(H,15,16). The normalized spacial score (nSPS) is 11.9. The zero-order chi connectivity index (χ0) is 12.3. The molecule has 2 N–H and O–H groups in total. The molecule has 1 aromatic carbocycles. The zero-order valence-electron chi connectivity index (χ0n) is 9.30. The first kappa shape index (κ1) is 11.7. The van der Waals surface area contributed by atoms with Gasteiger partial charge in [-0.15, -0.1) is 0 Å². The number of fused-ring (bicyclic) bond motifs is 1. The number of aromatic nitrogens is 2. The fraction of sp³-hybridized carbons (Fsp3) is 0.167. The Kier molecular flexibility index (Phi) is 3.49. The number of nitrogens with one attached hydrogen (secondary N) is 1. The van der Waals surface area contributed by atoms with Gasteiger partial charge in [0.15, 0.2) is 5.16 Å². The van der Waals surface area contributed by atoms with Gasteiger partial charge in [-0.1, -0.05) is 30.0 Å². The van der Waals surface area contributed by atoms with Crippen LogP contribution in [0.4, 0.5) is 0 Å². The lowest BCUT2D eigenvalue weighted by molar-refractivity contribution is -0.132. The van der Waals surface area contributed by atoms with Crippen LogP contribution < -0.4 is 0 Å². The van der Waals surface area contributed by atoms with E-state index >= 15 is 0 Å². The molecule has 0 saturated heterocycles. The van der Waals surface area contributed by atoms with Gasteiger partial charge in [-0.2, -0.15) is 0 Å². The Balaban J connectivity index is 2.04. The molecule has 17 heavy (non-hydrogen) atoms. The van der Waals surface area contributed by atoms with Crippen molar-refractivity contribution in [3.8, 4) is 0 Å². The van der Waals surface area contributed by atoms with Gasteiger partial charge in [0.25, 0.3) is 0 Å². The van der Waals surface area contributed by atoms with Crippen molar-refractivity contribution in [2.45, 2.75) is 12.1 Å². The van der Waals surface area contributed by atoms with E-state index in [1.54, 1.807) is 13.0 Å². The Hall–Kier alpha value is -1.75. The molecule has 0 fully saturated rings. The summed E-state index contributed by atoms with van der Waals surface area (Å²) in [4.78, 5) is 18.1. The van der Waals surface area contributed by atoms with E-state index in [2.05, 4.69) is 9.97 Å². The fourth-order valence-corrected chi connectivity index (χ4v) is 2.17. The number of H-pyrrole nitrogens is 1. The van der Waals surface area contributed by atoms with E-state index in [1.165, 1.54) is 11.8 Å². The van der Waals surface area contributed by atoms with E-state index in [0.29, 0.717) is 11.3 Å². The van der Waals surface area contributed by atoms with Gasteiger partial charge in [0.2, 0.25) is 0 Å². The molecule has 0 atom stereocenters. The molecule has 0 saturated carbocycles. The van der Waals surface area contributed by atoms with Crippen LogP contribution in [-0.4, -0.2) is 26.8 Å². The van der Waals surface area contributed by atoms with Crippen LogP contribution in [0.3, 0.4) is 0 Å². The van der Waals surface area contributed by atoms with Crippen molar-refractivity contribution in [3.63, 3.8) is 0 Å². The lowest BCUT2D eigenvalue weighted by atomic mass is 10.3. The molecule has 0 aliphatic heterocycles. The molecular weight excluding hydrogens is 236 g/mol.